The van der Waals surface area contributed by atoms with Crippen LogP contribution >= 0.6 is 0 Å². The Morgan fingerprint density at radius 3 is 2.79 bits per heavy atom. The summed E-state index contributed by atoms with van der Waals surface area (Å²) in [6, 6.07) is 1.76. The van der Waals surface area contributed by atoms with Crippen LogP contribution in [0.1, 0.15) is 38.2 Å². The number of pyridine rings is 1. The molecule has 0 spiro atoms. The van der Waals surface area contributed by atoms with Gasteiger partial charge in [0.2, 0.25) is 5.95 Å². The summed E-state index contributed by atoms with van der Waals surface area (Å²) in [5, 5.41) is 0. The van der Waals surface area contributed by atoms with Crippen molar-refractivity contribution in [1.82, 2.24) is 4.98 Å². The first kappa shape index (κ1) is 9.44. The molecule has 0 atom stereocenters. The molecular weight excluding hydrogens is 181 g/mol. The SMILES string of the molecule is CC(C)c1cc(OC2CC2)cnc1F. The molecule has 1 heterocycles. The molecule has 3 heteroatoms. The number of nitrogens with zero attached hydrogens (tertiary/aromatic N) is 1. The van der Waals surface area contributed by atoms with Gasteiger partial charge in [-0.25, -0.2) is 4.98 Å². The van der Waals surface area contributed by atoms with Gasteiger partial charge in [-0.15, -0.1) is 0 Å². The van der Waals surface area contributed by atoms with Crippen molar-refractivity contribution in [1.29, 1.82) is 0 Å². The average Bonchev–Trinajstić information content (AvgIpc) is 2.92. The van der Waals surface area contributed by atoms with Crippen LogP contribution in [0.2, 0.25) is 0 Å². The topological polar surface area (TPSA) is 22.1 Å². The van der Waals surface area contributed by atoms with Crippen LogP contribution in [0.5, 0.6) is 5.75 Å². The fourth-order valence-electron chi connectivity index (χ4n) is 1.29. The Balaban J connectivity index is 2.20. The fraction of sp³-hybridized carbons (Fsp3) is 0.545. The lowest BCUT2D eigenvalue weighted by Gasteiger charge is -2.09. The summed E-state index contributed by atoms with van der Waals surface area (Å²) in [5.74, 6) is 0.450. The first-order valence-electron chi connectivity index (χ1n) is 4.99. The van der Waals surface area contributed by atoms with Crippen molar-refractivity contribution in [2.45, 2.75) is 38.7 Å². The number of hydrogen-bond donors (Lipinski definition) is 0. The lowest BCUT2D eigenvalue weighted by Crippen LogP contribution is -2.01. The summed E-state index contributed by atoms with van der Waals surface area (Å²) in [7, 11) is 0. The zero-order valence-corrected chi connectivity index (χ0v) is 8.46. The van der Waals surface area contributed by atoms with Gasteiger partial charge in [-0.1, -0.05) is 13.8 Å². The minimum absolute atomic E-state index is 0.144. The van der Waals surface area contributed by atoms with Gasteiger partial charge < -0.3 is 4.74 Å². The van der Waals surface area contributed by atoms with Gasteiger partial charge in [0.05, 0.1) is 12.3 Å². The smallest absolute Gasteiger partial charge is 0.216 e. The van der Waals surface area contributed by atoms with Crippen LogP contribution in [0.4, 0.5) is 4.39 Å². The van der Waals surface area contributed by atoms with Crippen LogP contribution in [0, 0.1) is 5.95 Å². The van der Waals surface area contributed by atoms with E-state index in [4.69, 9.17) is 4.74 Å². The highest BCUT2D eigenvalue weighted by atomic mass is 19.1. The fourth-order valence-corrected chi connectivity index (χ4v) is 1.29. The maximum atomic E-state index is 13.2. The van der Waals surface area contributed by atoms with Crippen molar-refractivity contribution >= 4 is 0 Å². The molecule has 0 radical (unpaired) electrons. The molecular formula is C11H14FNO. The van der Waals surface area contributed by atoms with Crippen LogP contribution in [-0.4, -0.2) is 11.1 Å². The minimum Gasteiger partial charge on any atom is -0.489 e. The molecule has 14 heavy (non-hydrogen) atoms. The molecule has 2 nitrogen and oxygen atoms in total. The average molecular weight is 195 g/mol. The molecule has 2 rings (SSSR count). The van der Waals surface area contributed by atoms with Gasteiger partial charge in [-0.05, 0) is 24.8 Å². The molecule has 1 aliphatic carbocycles. The molecule has 0 amide bonds. The summed E-state index contributed by atoms with van der Waals surface area (Å²) in [6.45, 7) is 3.89. The highest BCUT2D eigenvalue weighted by Crippen LogP contribution is 2.28. The van der Waals surface area contributed by atoms with Gasteiger partial charge in [-0.2, -0.15) is 4.39 Å². The number of ether oxygens (including phenoxy) is 1. The number of aromatic nitrogens is 1. The van der Waals surface area contributed by atoms with Crippen LogP contribution < -0.4 is 4.74 Å². The van der Waals surface area contributed by atoms with Gasteiger partial charge in [0, 0.05) is 5.56 Å². The number of rotatable bonds is 3. The largest absolute Gasteiger partial charge is 0.489 e. The van der Waals surface area contributed by atoms with Gasteiger partial charge in [0.15, 0.2) is 0 Å². The second-order valence-electron chi connectivity index (χ2n) is 4.02. The van der Waals surface area contributed by atoms with E-state index in [0.29, 0.717) is 17.4 Å². The molecule has 1 saturated carbocycles. The van der Waals surface area contributed by atoms with Crippen molar-refractivity contribution in [3.05, 3.63) is 23.8 Å². The summed E-state index contributed by atoms with van der Waals surface area (Å²) < 4.78 is 18.7. The van der Waals surface area contributed by atoms with E-state index in [9.17, 15) is 4.39 Å². The quantitative estimate of drug-likeness (QED) is 0.692. The normalized spacial score (nSPS) is 16.0. The highest BCUT2D eigenvalue weighted by Gasteiger charge is 2.24. The van der Waals surface area contributed by atoms with E-state index in [-0.39, 0.29) is 11.9 Å². The third kappa shape index (κ3) is 2.03. The predicted molar refractivity (Wildman–Crippen MR) is 51.9 cm³/mol. The van der Waals surface area contributed by atoms with Crippen molar-refractivity contribution < 1.29 is 9.13 Å². The van der Waals surface area contributed by atoms with Gasteiger partial charge in [-0.3, -0.25) is 0 Å². The third-order valence-corrected chi connectivity index (χ3v) is 2.29. The monoisotopic (exact) mass is 195 g/mol. The standard InChI is InChI=1S/C11H14FNO/c1-7(2)10-5-9(6-13-11(10)12)14-8-3-4-8/h5-8H,3-4H2,1-2H3. The van der Waals surface area contributed by atoms with E-state index in [1.54, 1.807) is 6.07 Å². The third-order valence-electron chi connectivity index (χ3n) is 2.29. The Hall–Kier alpha value is -1.12. The molecule has 0 unspecified atom stereocenters. The van der Waals surface area contributed by atoms with Crippen molar-refractivity contribution in [2.24, 2.45) is 0 Å². The predicted octanol–water partition coefficient (Wildman–Crippen LogP) is 2.89. The summed E-state index contributed by atoms with van der Waals surface area (Å²) in [4.78, 5) is 3.69. The summed E-state index contributed by atoms with van der Waals surface area (Å²) in [5.41, 5.74) is 0.628. The first-order chi connectivity index (χ1) is 6.66. The molecule has 1 fully saturated rings. The minimum atomic E-state index is -0.386. The van der Waals surface area contributed by atoms with Gasteiger partial charge >= 0.3 is 0 Å². The van der Waals surface area contributed by atoms with E-state index >= 15 is 0 Å². The second kappa shape index (κ2) is 3.56. The second-order valence-corrected chi connectivity index (χ2v) is 4.02. The van der Waals surface area contributed by atoms with Gasteiger partial charge in [0.1, 0.15) is 5.75 Å². The van der Waals surface area contributed by atoms with E-state index in [1.165, 1.54) is 6.20 Å². The molecule has 0 saturated heterocycles. The molecule has 1 aromatic heterocycles. The van der Waals surface area contributed by atoms with E-state index in [0.717, 1.165) is 12.8 Å². The Bertz CT molecular complexity index is 334. The summed E-state index contributed by atoms with van der Waals surface area (Å²) in [6.07, 6.45) is 4.00. The van der Waals surface area contributed by atoms with Crippen LogP contribution in [0.3, 0.4) is 0 Å². The number of hydrogen-bond acceptors (Lipinski definition) is 2. The maximum absolute atomic E-state index is 13.2. The zero-order chi connectivity index (χ0) is 10.1. The zero-order valence-electron chi connectivity index (χ0n) is 8.46. The molecule has 0 N–H and O–H groups in total. The molecule has 0 aliphatic heterocycles. The first-order valence-corrected chi connectivity index (χ1v) is 4.99. The van der Waals surface area contributed by atoms with Crippen LogP contribution in [0.25, 0.3) is 0 Å². The molecule has 76 valence electrons. The molecule has 0 aromatic carbocycles. The molecule has 0 bridgehead atoms. The lowest BCUT2D eigenvalue weighted by molar-refractivity contribution is 0.300. The van der Waals surface area contributed by atoms with E-state index in [1.807, 2.05) is 13.8 Å². The number of halogens is 1. The highest BCUT2D eigenvalue weighted by molar-refractivity contribution is 5.27. The Labute approximate surface area is 83.1 Å². The van der Waals surface area contributed by atoms with Crippen molar-refractivity contribution in [3.8, 4) is 5.75 Å². The summed E-state index contributed by atoms with van der Waals surface area (Å²) >= 11 is 0. The van der Waals surface area contributed by atoms with Crippen molar-refractivity contribution in [3.63, 3.8) is 0 Å². The van der Waals surface area contributed by atoms with Gasteiger partial charge in [0.25, 0.3) is 0 Å². The van der Waals surface area contributed by atoms with Crippen molar-refractivity contribution in [2.75, 3.05) is 0 Å². The van der Waals surface area contributed by atoms with Crippen LogP contribution in [0.15, 0.2) is 12.3 Å². The lowest BCUT2D eigenvalue weighted by atomic mass is 10.1. The maximum Gasteiger partial charge on any atom is 0.216 e. The Kier molecular flexibility index (Phi) is 2.40. The van der Waals surface area contributed by atoms with Crippen LogP contribution in [-0.2, 0) is 0 Å². The van der Waals surface area contributed by atoms with E-state index < -0.39 is 0 Å². The molecule has 1 aliphatic rings. The Morgan fingerprint density at radius 1 is 1.50 bits per heavy atom. The van der Waals surface area contributed by atoms with E-state index in [2.05, 4.69) is 4.98 Å². The molecule has 1 aromatic rings. The Morgan fingerprint density at radius 2 is 2.21 bits per heavy atom.